The second-order valence-corrected chi connectivity index (χ2v) is 8.84. The Morgan fingerprint density at radius 2 is 1.96 bits per heavy atom. The number of Topliss-reactive ketones (excluding diaryl/α,β-unsaturated/α-hetero) is 1. The number of benzene rings is 1. The molecule has 0 amide bonds. The van der Waals surface area contributed by atoms with Crippen LogP contribution in [-0.4, -0.2) is 27.6 Å². The molecule has 3 N–H and O–H groups in total. The van der Waals surface area contributed by atoms with Crippen LogP contribution in [0.4, 0.5) is 0 Å². The van der Waals surface area contributed by atoms with Gasteiger partial charge in [0.2, 0.25) is 0 Å². The normalized spacial score (nSPS) is 22.1. The quantitative estimate of drug-likeness (QED) is 0.669. The molecule has 1 aromatic carbocycles. The van der Waals surface area contributed by atoms with Crippen LogP contribution in [0.15, 0.2) is 36.4 Å². The molecule has 152 valence electrons. The van der Waals surface area contributed by atoms with Gasteiger partial charge in [0, 0.05) is 30.6 Å². The maximum absolute atomic E-state index is 12.7. The largest absolute Gasteiger partial charge is 0.394 e. The molecule has 4 heteroatoms. The molecule has 1 aromatic heterocycles. The third kappa shape index (κ3) is 4.56. The highest BCUT2D eigenvalue weighted by Gasteiger charge is 2.37. The fourth-order valence-electron chi connectivity index (χ4n) is 4.42. The number of carbonyl (C=O) groups excluding carboxylic acids is 1. The standard InChI is InChI=1S/C24H34N2O2/c1-17(2)19-9-7-18(8-10-19)5-4-6-23(28)22-12-11-21(26(22)3)20-13-14-24(25,15-20)16-27/h7-12,17,20,27H,4-6,13-16,25H2,1-3H3. The summed E-state index contributed by atoms with van der Waals surface area (Å²) in [6, 6.07) is 12.8. The van der Waals surface area contributed by atoms with Gasteiger partial charge in [0.25, 0.3) is 0 Å². The molecule has 1 aliphatic carbocycles. The van der Waals surface area contributed by atoms with Crippen LogP contribution < -0.4 is 5.73 Å². The Morgan fingerprint density at radius 1 is 1.25 bits per heavy atom. The van der Waals surface area contributed by atoms with Gasteiger partial charge in [0.05, 0.1) is 12.3 Å². The van der Waals surface area contributed by atoms with E-state index in [1.807, 2.05) is 17.7 Å². The maximum Gasteiger partial charge on any atom is 0.179 e. The van der Waals surface area contributed by atoms with Crippen molar-refractivity contribution in [2.24, 2.45) is 12.8 Å². The van der Waals surface area contributed by atoms with Crippen molar-refractivity contribution in [3.63, 3.8) is 0 Å². The molecule has 1 heterocycles. The highest BCUT2D eigenvalue weighted by atomic mass is 16.3. The van der Waals surface area contributed by atoms with Crippen LogP contribution in [0.1, 0.15) is 85.1 Å². The monoisotopic (exact) mass is 382 g/mol. The summed E-state index contributed by atoms with van der Waals surface area (Å²) in [5.74, 6) is 1.07. The molecule has 2 aromatic rings. The van der Waals surface area contributed by atoms with Gasteiger partial charge in [-0.15, -0.1) is 0 Å². The molecule has 28 heavy (non-hydrogen) atoms. The second kappa shape index (κ2) is 8.62. The van der Waals surface area contributed by atoms with Crippen molar-refractivity contribution in [1.29, 1.82) is 0 Å². The van der Waals surface area contributed by atoms with Crippen molar-refractivity contribution in [3.8, 4) is 0 Å². The number of rotatable bonds is 8. The van der Waals surface area contributed by atoms with Gasteiger partial charge >= 0.3 is 0 Å². The van der Waals surface area contributed by atoms with Gasteiger partial charge in [-0.1, -0.05) is 38.1 Å². The van der Waals surface area contributed by atoms with Crippen LogP contribution in [0, 0.1) is 0 Å². The molecule has 1 aliphatic rings. The molecule has 3 rings (SSSR count). The molecule has 0 bridgehead atoms. The minimum Gasteiger partial charge on any atom is -0.394 e. The zero-order chi connectivity index (χ0) is 20.3. The molecule has 4 nitrogen and oxygen atoms in total. The van der Waals surface area contributed by atoms with E-state index in [0.717, 1.165) is 43.5 Å². The van der Waals surface area contributed by atoms with Crippen LogP contribution in [0.2, 0.25) is 0 Å². The number of nitrogens with two attached hydrogens (primary N) is 1. The van der Waals surface area contributed by atoms with E-state index in [1.165, 1.54) is 11.1 Å². The van der Waals surface area contributed by atoms with Crippen LogP contribution >= 0.6 is 0 Å². The van der Waals surface area contributed by atoms with Crippen LogP contribution in [0.3, 0.4) is 0 Å². The number of nitrogens with zero attached hydrogens (tertiary/aromatic N) is 1. The summed E-state index contributed by atoms with van der Waals surface area (Å²) in [5, 5.41) is 9.50. The van der Waals surface area contributed by atoms with Crippen molar-refractivity contribution in [3.05, 3.63) is 58.9 Å². The van der Waals surface area contributed by atoms with Crippen molar-refractivity contribution in [2.75, 3.05) is 6.61 Å². The lowest BCUT2D eigenvalue weighted by Crippen LogP contribution is -2.40. The average molecular weight is 383 g/mol. The minimum absolute atomic E-state index is 0.0257. The van der Waals surface area contributed by atoms with Crippen molar-refractivity contribution < 1.29 is 9.90 Å². The number of carbonyl (C=O) groups is 1. The SMILES string of the molecule is CC(C)c1ccc(CCCC(=O)c2ccc(C3CCC(N)(CO)C3)n2C)cc1. The van der Waals surface area contributed by atoms with Gasteiger partial charge in [0.15, 0.2) is 5.78 Å². The van der Waals surface area contributed by atoms with E-state index in [0.29, 0.717) is 18.3 Å². The van der Waals surface area contributed by atoms with Crippen LogP contribution in [-0.2, 0) is 13.5 Å². The lowest BCUT2D eigenvalue weighted by Gasteiger charge is -2.21. The first-order valence-electron chi connectivity index (χ1n) is 10.5. The first-order valence-corrected chi connectivity index (χ1v) is 10.5. The summed E-state index contributed by atoms with van der Waals surface area (Å²) < 4.78 is 2.04. The topological polar surface area (TPSA) is 68.2 Å². The van der Waals surface area contributed by atoms with Crippen molar-refractivity contribution in [1.82, 2.24) is 4.57 Å². The van der Waals surface area contributed by atoms with Crippen molar-refractivity contribution >= 4 is 5.78 Å². The maximum atomic E-state index is 12.7. The summed E-state index contributed by atoms with van der Waals surface area (Å²) in [5.41, 5.74) is 10.3. The van der Waals surface area contributed by atoms with E-state index in [1.54, 1.807) is 0 Å². The van der Waals surface area contributed by atoms with Gasteiger partial charge in [-0.25, -0.2) is 0 Å². The Labute approximate surface area is 168 Å². The first kappa shape index (κ1) is 20.8. The second-order valence-electron chi connectivity index (χ2n) is 8.84. The smallest absolute Gasteiger partial charge is 0.179 e. The molecule has 0 aliphatic heterocycles. The Bertz CT molecular complexity index is 807. The summed E-state index contributed by atoms with van der Waals surface area (Å²) in [7, 11) is 1.97. The van der Waals surface area contributed by atoms with E-state index in [9.17, 15) is 9.90 Å². The van der Waals surface area contributed by atoms with Crippen LogP contribution in [0.25, 0.3) is 0 Å². The highest BCUT2D eigenvalue weighted by Crippen LogP contribution is 2.39. The highest BCUT2D eigenvalue weighted by molar-refractivity contribution is 5.94. The fraction of sp³-hybridized carbons (Fsp3) is 0.542. The number of aromatic nitrogens is 1. The molecule has 2 atom stereocenters. The van der Waals surface area contributed by atoms with Gasteiger partial charge in [-0.05, 0) is 61.3 Å². The number of hydrogen-bond acceptors (Lipinski definition) is 3. The van der Waals surface area contributed by atoms with Gasteiger partial charge in [0.1, 0.15) is 0 Å². The number of aliphatic hydroxyl groups is 1. The molecular weight excluding hydrogens is 348 g/mol. The molecule has 2 unspecified atom stereocenters. The number of hydrogen-bond donors (Lipinski definition) is 2. The Hall–Kier alpha value is -1.91. The lowest BCUT2D eigenvalue weighted by atomic mass is 9.97. The van der Waals surface area contributed by atoms with Gasteiger partial charge < -0.3 is 15.4 Å². The summed E-state index contributed by atoms with van der Waals surface area (Å²) >= 11 is 0. The number of aryl methyl sites for hydroxylation is 1. The van der Waals surface area contributed by atoms with Crippen molar-refractivity contribution in [2.45, 2.75) is 69.7 Å². The third-order valence-corrected chi connectivity index (χ3v) is 6.34. The summed E-state index contributed by atoms with van der Waals surface area (Å²) in [4.78, 5) is 12.7. The van der Waals surface area contributed by atoms with Gasteiger partial charge in [-0.3, -0.25) is 4.79 Å². The zero-order valence-electron chi connectivity index (χ0n) is 17.4. The van der Waals surface area contributed by atoms with Gasteiger partial charge in [-0.2, -0.15) is 0 Å². The lowest BCUT2D eigenvalue weighted by molar-refractivity contribution is 0.0972. The van der Waals surface area contributed by atoms with E-state index in [4.69, 9.17) is 5.73 Å². The molecule has 0 radical (unpaired) electrons. The predicted molar refractivity (Wildman–Crippen MR) is 114 cm³/mol. The van der Waals surface area contributed by atoms with E-state index in [-0.39, 0.29) is 12.4 Å². The summed E-state index contributed by atoms with van der Waals surface area (Å²) in [6.07, 6.45) is 4.93. The Morgan fingerprint density at radius 3 is 2.57 bits per heavy atom. The zero-order valence-corrected chi connectivity index (χ0v) is 17.4. The Kier molecular flexibility index (Phi) is 6.41. The fourth-order valence-corrected chi connectivity index (χ4v) is 4.42. The molecule has 0 spiro atoms. The number of aliphatic hydroxyl groups excluding tert-OH is 1. The Balaban J connectivity index is 1.56. The van der Waals surface area contributed by atoms with E-state index in [2.05, 4.69) is 44.2 Å². The molecule has 1 fully saturated rings. The van der Waals surface area contributed by atoms with Crippen LogP contribution in [0.5, 0.6) is 0 Å². The van der Waals surface area contributed by atoms with E-state index < -0.39 is 5.54 Å². The molecular formula is C24H34N2O2. The molecule has 0 saturated heterocycles. The minimum atomic E-state index is -0.468. The average Bonchev–Trinajstić information content (AvgIpc) is 3.25. The van der Waals surface area contributed by atoms with E-state index >= 15 is 0 Å². The first-order chi connectivity index (χ1) is 13.3. The number of ketones is 1. The predicted octanol–water partition coefficient (Wildman–Crippen LogP) is 4.31. The molecule has 1 saturated carbocycles. The summed E-state index contributed by atoms with van der Waals surface area (Å²) in [6.45, 7) is 4.42. The third-order valence-electron chi connectivity index (χ3n) is 6.34.